The molecular formula is C20H22N4OS. The van der Waals surface area contributed by atoms with E-state index in [1.165, 1.54) is 6.08 Å². The number of hydrogen-bond donors (Lipinski definition) is 2. The van der Waals surface area contributed by atoms with Gasteiger partial charge >= 0.3 is 0 Å². The van der Waals surface area contributed by atoms with Crippen LogP contribution in [-0.2, 0) is 4.79 Å². The Morgan fingerprint density at radius 2 is 2.04 bits per heavy atom. The topological polar surface area (TPSA) is 57.3 Å². The number of nitrogens with zero attached hydrogens (tertiary/aromatic N) is 2. The standard InChI is InChI=1S/C20H22N4OS/c25-19(12-11-16-7-2-1-3-8-16)22-20(26)23-24-14-5-4-10-18(24)17-9-6-13-21-15-17/h1-3,6-9,11-13,15,18H,4-5,10,14H2,(H2,22,23,25,26)/t18-/m0/s1. The third-order valence-electron chi connectivity index (χ3n) is 4.28. The summed E-state index contributed by atoms with van der Waals surface area (Å²) in [5.74, 6) is -0.249. The van der Waals surface area contributed by atoms with Crippen LogP contribution in [0.25, 0.3) is 6.08 Å². The lowest BCUT2D eigenvalue weighted by Gasteiger charge is -2.36. The van der Waals surface area contributed by atoms with Crippen LogP contribution in [0.2, 0.25) is 0 Å². The van der Waals surface area contributed by atoms with Crippen LogP contribution >= 0.6 is 12.2 Å². The Morgan fingerprint density at radius 1 is 1.19 bits per heavy atom. The van der Waals surface area contributed by atoms with Crippen LogP contribution in [0.5, 0.6) is 0 Å². The number of piperidine rings is 1. The molecule has 1 saturated heterocycles. The summed E-state index contributed by atoms with van der Waals surface area (Å²) < 4.78 is 0. The van der Waals surface area contributed by atoms with Crippen molar-refractivity contribution in [1.82, 2.24) is 20.7 Å². The molecule has 0 unspecified atom stereocenters. The highest BCUT2D eigenvalue weighted by atomic mass is 32.1. The van der Waals surface area contributed by atoms with Gasteiger partial charge in [0.25, 0.3) is 0 Å². The molecule has 0 spiro atoms. The van der Waals surface area contributed by atoms with Gasteiger partial charge in [-0.25, -0.2) is 5.01 Å². The molecule has 26 heavy (non-hydrogen) atoms. The Balaban J connectivity index is 1.56. The van der Waals surface area contributed by atoms with Gasteiger partial charge in [-0.3, -0.25) is 20.5 Å². The molecule has 6 heteroatoms. The van der Waals surface area contributed by atoms with Crippen LogP contribution in [0.15, 0.2) is 60.9 Å². The monoisotopic (exact) mass is 366 g/mol. The van der Waals surface area contributed by atoms with E-state index in [1.54, 1.807) is 12.3 Å². The van der Waals surface area contributed by atoms with Gasteiger partial charge in [-0.1, -0.05) is 42.8 Å². The Hall–Kier alpha value is -2.57. The first-order valence-corrected chi connectivity index (χ1v) is 9.14. The Labute approximate surface area is 159 Å². The minimum atomic E-state index is -0.249. The van der Waals surface area contributed by atoms with Crippen LogP contribution in [0.3, 0.4) is 0 Å². The normalized spacial score (nSPS) is 17.8. The molecule has 0 aliphatic carbocycles. The molecule has 134 valence electrons. The van der Waals surface area contributed by atoms with Gasteiger partial charge in [-0.2, -0.15) is 0 Å². The molecule has 3 rings (SSSR count). The first kappa shape index (κ1) is 18.2. The number of carbonyl (C=O) groups excluding carboxylic acids is 1. The van der Waals surface area contributed by atoms with E-state index in [4.69, 9.17) is 12.2 Å². The first-order chi connectivity index (χ1) is 12.7. The van der Waals surface area contributed by atoms with Crippen molar-refractivity contribution < 1.29 is 4.79 Å². The van der Waals surface area contributed by atoms with Gasteiger partial charge in [0.15, 0.2) is 5.11 Å². The maximum Gasteiger partial charge on any atom is 0.250 e. The smallest absolute Gasteiger partial charge is 0.250 e. The number of pyridine rings is 1. The molecule has 1 fully saturated rings. The fraction of sp³-hybridized carbons (Fsp3) is 0.250. The first-order valence-electron chi connectivity index (χ1n) is 8.73. The lowest BCUT2D eigenvalue weighted by molar-refractivity contribution is -0.115. The molecule has 0 bridgehead atoms. The second kappa shape index (κ2) is 9.22. The average molecular weight is 366 g/mol. The van der Waals surface area contributed by atoms with Crippen molar-refractivity contribution in [3.05, 3.63) is 72.1 Å². The predicted molar refractivity (Wildman–Crippen MR) is 107 cm³/mol. The molecular weight excluding hydrogens is 344 g/mol. The van der Waals surface area contributed by atoms with Gasteiger partial charge < -0.3 is 0 Å². The fourth-order valence-electron chi connectivity index (χ4n) is 3.03. The largest absolute Gasteiger partial charge is 0.298 e. The molecule has 1 aromatic carbocycles. The summed E-state index contributed by atoms with van der Waals surface area (Å²) in [5.41, 5.74) is 5.29. The van der Waals surface area contributed by atoms with Crippen molar-refractivity contribution in [2.24, 2.45) is 0 Å². The fourth-order valence-corrected chi connectivity index (χ4v) is 3.25. The highest BCUT2D eigenvalue weighted by Gasteiger charge is 2.24. The number of amides is 1. The molecule has 1 aliphatic rings. The second-order valence-electron chi connectivity index (χ2n) is 6.17. The second-order valence-corrected chi connectivity index (χ2v) is 6.57. The summed E-state index contributed by atoms with van der Waals surface area (Å²) >= 11 is 5.31. The highest BCUT2D eigenvalue weighted by molar-refractivity contribution is 7.80. The zero-order valence-electron chi connectivity index (χ0n) is 14.5. The van der Waals surface area contributed by atoms with Crippen LogP contribution in [-0.4, -0.2) is 27.6 Å². The van der Waals surface area contributed by atoms with Crippen molar-refractivity contribution in [2.75, 3.05) is 6.54 Å². The molecule has 1 atom stereocenters. The molecule has 2 N–H and O–H groups in total. The minimum Gasteiger partial charge on any atom is -0.298 e. The lowest BCUT2D eigenvalue weighted by Crippen LogP contribution is -2.51. The zero-order valence-corrected chi connectivity index (χ0v) is 15.3. The highest BCUT2D eigenvalue weighted by Crippen LogP contribution is 2.28. The predicted octanol–water partition coefficient (Wildman–Crippen LogP) is 3.23. The van der Waals surface area contributed by atoms with Crippen LogP contribution < -0.4 is 10.7 Å². The maximum absolute atomic E-state index is 12.1. The quantitative estimate of drug-likeness (QED) is 0.643. The number of thiocarbonyl (C=S) groups is 1. The van der Waals surface area contributed by atoms with E-state index >= 15 is 0 Å². The van der Waals surface area contributed by atoms with Crippen molar-refractivity contribution in [3.63, 3.8) is 0 Å². The zero-order chi connectivity index (χ0) is 18.2. The Morgan fingerprint density at radius 3 is 2.81 bits per heavy atom. The summed E-state index contributed by atoms with van der Waals surface area (Å²) in [6, 6.07) is 13.9. The van der Waals surface area contributed by atoms with Crippen LogP contribution in [0.4, 0.5) is 0 Å². The van der Waals surface area contributed by atoms with Crippen molar-refractivity contribution in [2.45, 2.75) is 25.3 Å². The van der Waals surface area contributed by atoms with Gasteiger partial charge in [0, 0.05) is 25.0 Å². The number of rotatable bonds is 4. The molecule has 1 amide bonds. The van der Waals surface area contributed by atoms with E-state index in [0.717, 1.165) is 36.9 Å². The van der Waals surface area contributed by atoms with E-state index < -0.39 is 0 Å². The minimum absolute atomic E-state index is 0.201. The number of hydrazine groups is 1. The summed E-state index contributed by atoms with van der Waals surface area (Å²) in [6.45, 7) is 0.870. The Kier molecular flexibility index (Phi) is 6.46. The number of benzene rings is 1. The molecule has 2 heterocycles. The SMILES string of the molecule is O=C(C=Cc1ccccc1)NC(=S)NN1CCCC[C@H]1c1cccnc1. The summed E-state index contributed by atoms with van der Waals surface area (Å²) in [7, 11) is 0. The van der Waals surface area contributed by atoms with Gasteiger partial charge in [0.1, 0.15) is 0 Å². The van der Waals surface area contributed by atoms with Crippen LogP contribution in [0, 0.1) is 0 Å². The Bertz CT molecular complexity index is 764. The van der Waals surface area contributed by atoms with Gasteiger partial charge in [0.05, 0.1) is 6.04 Å². The summed E-state index contributed by atoms with van der Waals surface area (Å²) in [4.78, 5) is 16.3. The summed E-state index contributed by atoms with van der Waals surface area (Å²) in [5, 5.41) is 5.10. The van der Waals surface area contributed by atoms with E-state index in [1.807, 2.05) is 42.6 Å². The van der Waals surface area contributed by atoms with Crippen molar-refractivity contribution >= 4 is 29.3 Å². The lowest BCUT2D eigenvalue weighted by atomic mass is 9.98. The van der Waals surface area contributed by atoms with E-state index in [2.05, 4.69) is 26.8 Å². The molecule has 2 aromatic rings. The van der Waals surface area contributed by atoms with Gasteiger partial charge in [-0.15, -0.1) is 0 Å². The molecule has 5 nitrogen and oxygen atoms in total. The average Bonchev–Trinajstić information content (AvgIpc) is 2.68. The third kappa shape index (κ3) is 5.21. The molecule has 1 aliphatic heterocycles. The molecule has 1 aromatic heterocycles. The third-order valence-corrected chi connectivity index (χ3v) is 4.47. The summed E-state index contributed by atoms with van der Waals surface area (Å²) in [6.07, 6.45) is 10.2. The maximum atomic E-state index is 12.1. The van der Waals surface area contributed by atoms with Gasteiger partial charge in [0.2, 0.25) is 5.91 Å². The number of carbonyl (C=O) groups is 1. The van der Waals surface area contributed by atoms with Gasteiger partial charge in [-0.05, 0) is 48.3 Å². The number of aromatic nitrogens is 1. The van der Waals surface area contributed by atoms with E-state index in [0.29, 0.717) is 5.11 Å². The van der Waals surface area contributed by atoms with Crippen molar-refractivity contribution in [1.29, 1.82) is 0 Å². The van der Waals surface area contributed by atoms with Crippen molar-refractivity contribution in [3.8, 4) is 0 Å². The number of hydrogen-bond acceptors (Lipinski definition) is 4. The molecule has 0 radical (unpaired) electrons. The molecule has 0 saturated carbocycles. The van der Waals surface area contributed by atoms with E-state index in [-0.39, 0.29) is 11.9 Å². The number of nitrogens with one attached hydrogen (secondary N) is 2. The van der Waals surface area contributed by atoms with Crippen LogP contribution in [0.1, 0.15) is 36.4 Å². The van der Waals surface area contributed by atoms with E-state index in [9.17, 15) is 4.79 Å².